The number of amides is 1. The van der Waals surface area contributed by atoms with Gasteiger partial charge in [-0.25, -0.2) is 19.1 Å². The van der Waals surface area contributed by atoms with E-state index < -0.39 is 5.91 Å². The zero-order valence-electron chi connectivity index (χ0n) is 17.1. The number of anilines is 2. The molecule has 11 heteroatoms. The van der Waals surface area contributed by atoms with E-state index in [9.17, 15) is 4.79 Å². The number of nitrogens with two attached hydrogens (primary N) is 2. The summed E-state index contributed by atoms with van der Waals surface area (Å²) < 4.78 is 9.92. The number of imidazole rings is 1. The highest BCUT2D eigenvalue weighted by molar-refractivity contribution is 6.31. The van der Waals surface area contributed by atoms with E-state index in [0.29, 0.717) is 6.61 Å². The van der Waals surface area contributed by atoms with Crippen molar-refractivity contribution >= 4 is 40.2 Å². The first-order valence-corrected chi connectivity index (χ1v) is 9.75. The first-order chi connectivity index (χ1) is 13.9. The molecule has 0 fully saturated rings. The van der Waals surface area contributed by atoms with Gasteiger partial charge in [-0.1, -0.05) is 18.5 Å². The zero-order chi connectivity index (χ0) is 21.1. The number of carbonyl (C=O) groups excluding carboxylic acids is 1. The van der Waals surface area contributed by atoms with Gasteiger partial charge in [-0.2, -0.15) is 0 Å². The number of aryl methyl sites for hydroxylation is 2. The third-order valence-corrected chi connectivity index (χ3v) is 4.89. The van der Waals surface area contributed by atoms with E-state index in [1.165, 1.54) is 0 Å². The molecule has 1 aromatic carbocycles. The lowest BCUT2D eigenvalue weighted by atomic mass is 10.3. The largest absolute Gasteiger partial charge is 1.00 e. The molecule has 0 radical (unpaired) electrons. The third kappa shape index (κ3) is 4.69. The maximum Gasteiger partial charge on any atom is 0.276 e. The van der Waals surface area contributed by atoms with Crippen molar-refractivity contribution in [2.24, 2.45) is 7.05 Å². The molecule has 3 rings (SSSR count). The van der Waals surface area contributed by atoms with Crippen molar-refractivity contribution in [3.05, 3.63) is 34.9 Å². The van der Waals surface area contributed by atoms with Gasteiger partial charge in [-0.15, -0.1) is 0 Å². The van der Waals surface area contributed by atoms with Crippen molar-refractivity contribution in [3.8, 4) is 5.75 Å². The van der Waals surface area contributed by atoms with Crippen LogP contribution in [-0.2, 0) is 20.1 Å². The summed E-state index contributed by atoms with van der Waals surface area (Å²) in [6, 6.07) is 5.98. The lowest BCUT2D eigenvalue weighted by Gasteiger charge is -2.07. The average molecular weight is 546 g/mol. The molecule has 2 heterocycles. The standard InChI is InChI=1S/C19H24ClN7O2.HI/c1-4-8-29-11-6-7-12-13(9-11)27(5-2)14(26(12)3)10-23-19(28)15-17(21)25-18(22)16(20)24-15;/h6-7,9H,4-5,8,10H2,1-3H3,(H4-,21,22,23,25,28);1H. The summed E-state index contributed by atoms with van der Waals surface area (Å²) in [6.45, 7) is 5.79. The van der Waals surface area contributed by atoms with Crippen LogP contribution in [0, 0.1) is 0 Å². The summed E-state index contributed by atoms with van der Waals surface area (Å²) in [5.41, 5.74) is 13.3. The van der Waals surface area contributed by atoms with E-state index in [0.717, 1.165) is 35.6 Å². The first-order valence-electron chi connectivity index (χ1n) is 9.37. The molecule has 2 aromatic heterocycles. The second-order valence-electron chi connectivity index (χ2n) is 6.53. The van der Waals surface area contributed by atoms with Crippen LogP contribution in [0.2, 0.25) is 5.15 Å². The molecule has 30 heavy (non-hydrogen) atoms. The number of aromatic nitrogens is 4. The van der Waals surface area contributed by atoms with E-state index in [1.54, 1.807) is 0 Å². The number of nitrogens with one attached hydrogen (secondary N) is 1. The van der Waals surface area contributed by atoms with Crippen LogP contribution in [-0.4, -0.2) is 27.0 Å². The SMILES string of the molecule is CCCOc1ccc2c(c1)n(CC)c(CNC(=O)c1nc(Cl)c(N)nc1N)[n+]2C.[I-]. The molecule has 0 spiro atoms. The molecular formula is C19H25ClIN7O2. The monoisotopic (exact) mass is 545 g/mol. The lowest BCUT2D eigenvalue weighted by molar-refractivity contribution is -0.654. The van der Waals surface area contributed by atoms with Crippen LogP contribution in [0.1, 0.15) is 36.6 Å². The molecule has 0 aliphatic carbocycles. The highest BCUT2D eigenvalue weighted by atomic mass is 127. The second kappa shape index (κ2) is 10.1. The van der Waals surface area contributed by atoms with Crippen molar-refractivity contribution in [1.82, 2.24) is 19.9 Å². The highest BCUT2D eigenvalue weighted by Crippen LogP contribution is 2.22. The summed E-state index contributed by atoms with van der Waals surface area (Å²) >= 11 is 5.87. The quantitative estimate of drug-likeness (QED) is 0.254. The Morgan fingerprint density at radius 3 is 2.67 bits per heavy atom. The van der Waals surface area contributed by atoms with Gasteiger partial charge in [0.15, 0.2) is 33.5 Å². The Kier molecular flexibility index (Phi) is 8.07. The summed E-state index contributed by atoms with van der Waals surface area (Å²) in [5, 5.41) is 2.78. The molecular weight excluding hydrogens is 521 g/mol. The van der Waals surface area contributed by atoms with E-state index in [-0.39, 0.29) is 53.0 Å². The van der Waals surface area contributed by atoms with Gasteiger partial charge < -0.3 is 45.5 Å². The molecule has 3 aromatic rings. The number of hydrogen-bond donors (Lipinski definition) is 3. The van der Waals surface area contributed by atoms with Crippen LogP contribution in [0.4, 0.5) is 11.6 Å². The number of hydrogen-bond acceptors (Lipinski definition) is 6. The van der Waals surface area contributed by atoms with E-state index in [1.807, 2.05) is 36.7 Å². The van der Waals surface area contributed by atoms with Crippen molar-refractivity contribution in [2.45, 2.75) is 33.4 Å². The van der Waals surface area contributed by atoms with E-state index in [2.05, 4.69) is 26.8 Å². The Morgan fingerprint density at radius 1 is 1.27 bits per heavy atom. The minimum atomic E-state index is -0.475. The van der Waals surface area contributed by atoms with Crippen LogP contribution in [0.5, 0.6) is 5.75 Å². The Hall–Kier alpha value is -2.34. The fourth-order valence-electron chi connectivity index (χ4n) is 3.19. The summed E-state index contributed by atoms with van der Waals surface area (Å²) in [6.07, 6.45) is 0.944. The Morgan fingerprint density at radius 2 is 2.00 bits per heavy atom. The van der Waals surface area contributed by atoms with Gasteiger partial charge in [-0.3, -0.25) is 4.79 Å². The fraction of sp³-hybridized carbons (Fsp3) is 0.368. The van der Waals surface area contributed by atoms with Gasteiger partial charge in [0.25, 0.3) is 11.7 Å². The Bertz CT molecular complexity index is 1070. The number of nitrogen functional groups attached to an aromatic ring is 2. The summed E-state index contributed by atoms with van der Waals surface area (Å²) in [5.74, 6) is 1.18. The fourth-order valence-corrected chi connectivity index (χ4v) is 3.32. The number of ether oxygens (including phenoxy) is 1. The molecule has 0 atom stereocenters. The molecule has 162 valence electrons. The lowest BCUT2D eigenvalue weighted by Crippen LogP contribution is -3.00. The minimum Gasteiger partial charge on any atom is -1.00 e. The van der Waals surface area contributed by atoms with Gasteiger partial charge in [0.1, 0.15) is 12.3 Å². The predicted molar refractivity (Wildman–Crippen MR) is 112 cm³/mol. The van der Waals surface area contributed by atoms with Crippen molar-refractivity contribution in [1.29, 1.82) is 0 Å². The summed E-state index contributed by atoms with van der Waals surface area (Å²) in [7, 11) is 1.96. The molecule has 5 N–H and O–H groups in total. The van der Waals surface area contributed by atoms with Gasteiger partial charge in [-0.05, 0) is 25.5 Å². The maximum atomic E-state index is 12.6. The third-order valence-electron chi connectivity index (χ3n) is 4.61. The molecule has 9 nitrogen and oxygen atoms in total. The van der Waals surface area contributed by atoms with E-state index in [4.69, 9.17) is 27.8 Å². The highest BCUT2D eigenvalue weighted by Gasteiger charge is 2.24. The Labute approximate surface area is 196 Å². The Balaban J connectivity index is 0.00000320. The van der Waals surface area contributed by atoms with Gasteiger partial charge in [0.2, 0.25) is 0 Å². The smallest absolute Gasteiger partial charge is 0.276 e. The average Bonchev–Trinajstić information content (AvgIpc) is 2.97. The zero-order valence-corrected chi connectivity index (χ0v) is 20.0. The van der Waals surface area contributed by atoms with Crippen LogP contribution in [0.3, 0.4) is 0 Å². The molecule has 0 aliphatic rings. The molecule has 0 saturated heterocycles. The van der Waals surface area contributed by atoms with Crippen LogP contribution < -0.4 is 50.1 Å². The number of fused-ring (bicyclic) bond motifs is 1. The first kappa shape index (κ1) is 23.9. The molecule has 0 unspecified atom stereocenters. The molecule has 0 aliphatic heterocycles. The van der Waals surface area contributed by atoms with Crippen molar-refractivity contribution < 1.29 is 38.1 Å². The molecule has 0 saturated carbocycles. The topological polar surface area (TPSA) is 125 Å². The van der Waals surface area contributed by atoms with Crippen molar-refractivity contribution in [3.63, 3.8) is 0 Å². The van der Waals surface area contributed by atoms with Crippen LogP contribution in [0.15, 0.2) is 18.2 Å². The van der Waals surface area contributed by atoms with E-state index >= 15 is 0 Å². The summed E-state index contributed by atoms with van der Waals surface area (Å²) in [4.78, 5) is 20.4. The van der Waals surface area contributed by atoms with Gasteiger partial charge in [0, 0.05) is 6.07 Å². The van der Waals surface area contributed by atoms with Crippen LogP contribution >= 0.6 is 11.6 Å². The van der Waals surface area contributed by atoms with Gasteiger partial charge >= 0.3 is 0 Å². The molecule has 0 bridgehead atoms. The van der Waals surface area contributed by atoms with Gasteiger partial charge in [0.05, 0.1) is 20.2 Å². The number of rotatable bonds is 7. The molecule has 1 amide bonds. The predicted octanol–water partition coefficient (Wildman–Crippen LogP) is -1.18. The van der Waals surface area contributed by atoms with Crippen LogP contribution in [0.25, 0.3) is 11.0 Å². The van der Waals surface area contributed by atoms with Crippen molar-refractivity contribution in [2.75, 3.05) is 18.1 Å². The normalized spacial score (nSPS) is 10.7. The number of benzene rings is 1. The second-order valence-corrected chi connectivity index (χ2v) is 6.89. The minimum absolute atomic E-state index is 0. The number of carbonyl (C=O) groups is 1. The number of halogens is 2. The maximum absolute atomic E-state index is 12.6. The number of nitrogens with zero attached hydrogens (tertiary/aromatic N) is 4.